The van der Waals surface area contributed by atoms with Gasteiger partial charge in [0, 0.05) is 37.6 Å². The van der Waals surface area contributed by atoms with E-state index in [0.29, 0.717) is 18.0 Å². The molecule has 0 aliphatic rings. The van der Waals surface area contributed by atoms with Crippen molar-refractivity contribution < 1.29 is 4.79 Å². The molecular weight excluding hydrogens is 357 g/mol. The van der Waals surface area contributed by atoms with Crippen LogP contribution in [0.5, 0.6) is 0 Å². The van der Waals surface area contributed by atoms with E-state index in [1.54, 1.807) is 17.3 Å². The summed E-state index contributed by atoms with van der Waals surface area (Å²) in [5.74, 6) is 0.396. The minimum Gasteiger partial charge on any atom is -0.342 e. The summed E-state index contributed by atoms with van der Waals surface area (Å²) in [5.41, 5.74) is 8.66. The second kappa shape index (κ2) is 11.1. The molecular formula is C19H27Cl2N3O. The van der Waals surface area contributed by atoms with Crippen molar-refractivity contribution in [3.63, 3.8) is 0 Å². The fourth-order valence-corrected chi connectivity index (χ4v) is 2.34. The van der Waals surface area contributed by atoms with E-state index in [0.717, 1.165) is 17.5 Å². The van der Waals surface area contributed by atoms with Gasteiger partial charge in [0.05, 0.1) is 5.56 Å². The van der Waals surface area contributed by atoms with Crippen molar-refractivity contribution >= 4 is 30.7 Å². The van der Waals surface area contributed by atoms with Gasteiger partial charge >= 0.3 is 0 Å². The molecule has 2 N–H and O–H groups in total. The van der Waals surface area contributed by atoms with E-state index in [2.05, 4.69) is 18.8 Å². The molecule has 2 aromatic rings. The van der Waals surface area contributed by atoms with Crippen molar-refractivity contribution in [3.8, 4) is 11.1 Å². The van der Waals surface area contributed by atoms with E-state index in [1.807, 2.05) is 43.4 Å². The van der Waals surface area contributed by atoms with Crippen LogP contribution in [0.25, 0.3) is 11.1 Å². The number of pyridine rings is 1. The van der Waals surface area contributed by atoms with Crippen molar-refractivity contribution in [2.75, 3.05) is 13.6 Å². The Bertz CT molecular complexity index is 650. The van der Waals surface area contributed by atoms with Gasteiger partial charge in [-0.15, -0.1) is 24.8 Å². The van der Waals surface area contributed by atoms with Crippen molar-refractivity contribution in [2.24, 2.45) is 11.7 Å². The molecule has 6 heteroatoms. The second-order valence-electron chi connectivity index (χ2n) is 6.25. The molecule has 0 aliphatic carbocycles. The number of aromatic nitrogens is 1. The van der Waals surface area contributed by atoms with E-state index < -0.39 is 0 Å². The number of halogens is 2. The summed E-state index contributed by atoms with van der Waals surface area (Å²) in [6.45, 7) is 4.84. The summed E-state index contributed by atoms with van der Waals surface area (Å²) in [7, 11) is 1.81. The molecule has 4 nitrogen and oxygen atoms in total. The van der Waals surface area contributed by atoms with Crippen LogP contribution in [0.2, 0.25) is 0 Å². The summed E-state index contributed by atoms with van der Waals surface area (Å²) < 4.78 is 0. The van der Waals surface area contributed by atoms with E-state index in [-0.39, 0.29) is 36.8 Å². The van der Waals surface area contributed by atoms with E-state index in [9.17, 15) is 4.79 Å². The van der Waals surface area contributed by atoms with Crippen LogP contribution in [0.3, 0.4) is 0 Å². The molecule has 1 unspecified atom stereocenters. The minimum absolute atomic E-state index is 0. The molecule has 0 radical (unpaired) electrons. The molecule has 2 rings (SSSR count). The molecule has 0 bridgehead atoms. The van der Waals surface area contributed by atoms with Gasteiger partial charge in [-0.1, -0.05) is 44.2 Å². The highest BCUT2D eigenvalue weighted by Crippen LogP contribution is 2.19. The van der Waals surface area contributed by atoms with Crippen molar-refractivity contribution in [1.82, 2.24) is 9.88 Å². The summed E-state index contributed by atoms with van der Waals surface area (Å²) in [5, 5.41) is 0. The topological polar surface area (TPSA) is 59.2 Å². The highest BCUT2D eigenvalue weighted by Gasteiger charge is 2.15. The third-order valence-electron chi connectivity index (χ3n) is 4.09. The van der Waals surface area contributed by atoms with E-state index in [4.69, 9.17) is 5.73 Å². The van der Waals surface area contributed by atoms with Crippen molar-refractivity contribution in [2.45, 2.75) is 26.3 Å². The molecule has 0 fully saturated rings. The Kier molecular flexibility index (Phi) is 10.4. The number of hydrogen-bond donors (Lipinski definition) is 1. The van der Waals surface area contributed by atoms with Gasteiger partial charge in [-0.3, -0.25) is 9.78 Å². The Balaban J connectivity index is 0.00000288. The number of hydrogen-bond acceptors (Lipinski definition) is 3. The molecule has 138 valence electrons. The monoisotopic (exact) mass is 383 g/mol. The highest BCUT2D eigenvalue weighted by atomic mass is 35.5. The van der Waals surface area contributed by atoms with Gasteiger partial charge in [0.15, 0.2) is 0 Å². The number of carbonyl (C=O) groups is 1. The minimum atomic E-state index is -0.0220. The molecule has 0 saturated carbocycles. The standard InChI is InChI=1S/C19H25N3O.2ClH/c1-14(2)18(20)9-10-22(3)19(23)17-11-16(12-21-13-17)15-7-5-4-6-8-15;;/h4-8,11-14,18H,9-10,20H2,1-3H3;2*1H. The lowest BCUT2D eigenvalue weighted by Gasteiger charge is -2.21. The quantitative estimate of drug-likeness (QED) is 0.818. The zero-order valence-corrected chi connectivity index (χ0v) is 16.5. The predicted molar refractivity (Wildman–Crippen MR) is 109 cm³/mol. The van der Waals surface area contributed by atoms with Gasteiger partial charge < -0.3 is 10.6 Å². The SMILES string of the molecule is CC(C)C(N)CCN(C)C(=O)c1cncc(-c2ccccc2)c1.Cl.Cl. The fourth-order valence-electron chi connectivity index (χ4n) is 2.34. The Hall–Kier alpha value is -1.62. The van der Waals surface area contributed by atoms with Crippen LogP contribution in [0.1, 0.15) is 30.6 Å². The van der Waals surface area contributed by atoms with Crippen LogP contribution in [-0.2, 0) is 0 Å². The Labute approximate surface area is 162 Å². The number of carbonyl (C=O) groups excluding carboxylic acids is 1. The van der Waals surface area contributed by atoms with Crippen LogP contribution < -0.4 is 5.73 Å². The molecule has 1 heterocycles. The maximum absolute atomic E-state index is 12.6. The zero-order chi connectivity index (χ0) is 16.8. The van der Waals surface area contributed by atoms with Crippen molar-refractivity contribution in [3.05, 3.63) is 54.4 Å². The number of amides is 1. The maximum atomic E-state index is 12.6. The zero-order valence-electron chi connectivity index (χ0n) is 14.9. The molecule has 1 aromatic carbocycles. The molecule has 0 aliphatic heterocycles. The number of benzene rings is 1. The summed E-state index contributed by atoms with van der Waals surface area (Å²) >= 11 is 0. The fraction of sp³-hybridized carbons (Fsp3) is 0.368. The lowest BCUT2D eigenvalue weighted by Crippen LogP contribution is -2.34. The third kappa shape index (κ3) is 6.65. The molecule has 1 aromatic heterocycles. The maximum Gasteiger partial charge on any atom is 0.255 e. The van der Waals surface area contributed by atoms with Crippen LogP contribution >= 0.6 is 24.8 Å². The molecule has 0 spiro atoms. The van der Waals surface area contributed by atoms with Gasteiger partial charge in [-0.25, -0.2) is 0 Å². The second-order valence-corrected chi connectivity index (χ2v) is 6.25. The predicted octanol–water partition coefficient (Wildman–Crippen LogP) is 4.04. The van der Waals surface area contributed by atoms with Crippen LogP contribution in [0.15, 0.2) is 48.8 Å². The largest absolute Gasteiger partial charge is 0.342 e. The molecule has 0 saturated heterocycles. The first kappa shape index (κ1) is 23.4. The van der Waals surface area contributed by atoms with Gasteiger partial charge in [-0.2, -0.15) is 0 Å². The van der Waals surface area contributed by atoms with Crippen LogP contribution in [-0.4, -0.2) is 35.4 Å². The Morgan fingerprint density at radius 2 is 1.76 bits per heavy atom. The Morgan fingerprint density at radius 3 is 2.36 bits per heavy atom. The van der Waals surface area contributed by atoms with Gasteiger partial charge in [-0.05, 0) is 24.0 Å². The number of rotatable bonds is 6. The van der Waals surface area contributed by atoms with Gasteiger partial charge in [0.1, 0.15) is 0 Å². The molecule has 1 atom stereocenters. The molecule has 1 amide bonds. The first-order valence-electron chi connectivity index (χ1n) is 8.00. The van der Waals surface area contributed by atoms with Crippen LogP contribution in [0, 0.1) is 5.92 Å². The summed E-state index contributed by atoms with van der Waals surface area (Å²) in [4.78, 5) is 18.5. The summed E-state index contributed by atoms with van der Waals surface area (Å²) in [6, 6.07) is 11.9. The van der Waals surface area contributed by atoms with Crippen molar-refractivity contribution in [1.29, 1.82) is 0 Å². The van der Waals surface area contributed by atoms with E-state index >= 15 is 0 Å². The normalized spacial score (nSPS) is 11.2. The van der Waals surface area contributed by atoms with Crippen LogP contribution in [0.4, 0.5) is 0 Å². The highest BCUT2D eigenvalue weighted by molar-refractivity contribution is 5.94. The average Bonchev–Trinajstić information content (AvgIpc) is 2.59. The smallest absolute Gasteiger partial charge is 0.255 e. The lowest BCUT2D eigenvalue weighted by atomic mass is 10.0. The van der Waals surface area contributed by atoms with Gasteiger partial charge in [0.2, 0.25) is 0 Å². The number of nitrogens with zero attached hydrogens (tertiary/aromatic N) is 2. The summed E-state index contributed by atoms with van der Waals surface area (Å²) in [6.07, 6.45) is 4.19. The van der Waals surface area contributed by atoms with Gasteiger partial charge in [0.25, 0.3) is 5.91 Å². The first-order chi connectivity index (χ1) is 11.0. The third-order valence-corrected chi connectivity index (χ3v) is 4.09. The Morgan fingerprint density at radius 1 is 1.12 bits per heavy atom. The lowest BCUT2D eigenvalue weighted by molar-refractivity contribution is 0.0789. The molecule has 25 heavy (non-hydrogen) atoms. The first-order valence-corrected chi connectivity index (χ1v) is 8.00. The van der Waals surface area contributed by atoms with E-state index in [1.165, 1.54) is 0 Å². The average molecular weight is 384 g/mol. The number of nitrogens with two attached hydrogens (primary N) is 1.